The molecule has 1 N–H and O–H groups in total. The summed E-state index contributed by atoms with van der Waals surface area (Å²) in [6.45, 7) is 3.79. The van der Waals surface area contributed by atoms with Gasteiger partial charge in [0.05, 0.1) is 24.7 Å². The fraction of sp³-hybridized carbons (Fsp3) is 0.333. The van der Waals surface area contributed by atoms with Crippen LogP contribution >= 0.6 is 0 Å². The lowest BCUT2D eigenvalue weighted by atomic mass is 10.0. The van der Waals surface area contributed by atoms with E-state index in [4.69, 9.17) is 10.00 Å². The third-order valence-electron chi connectivity index (χ3n) is 2.26. The number of carbonyl (C=O) groups is 1. The van der Waals surface area contributed by atoms with Crippen LogP contribution in [-0.2, 0) is 16.0 Å². The lowest BCUT2D eigenvalue weighted by Gasteiger charge is -2.07. The zero-order chi connectivity index (χ0) is 12.1. The molecular formula is C12H13NO3. The van der Waals surface area contributed by atoms with E-state index in [9.17, 15) is 9.90 Å². The molecule has 0 atom stereocenters. The van der Waals surface area contributed by atoms with Gasteiger partial charge in [-0.2, -0.15) is 5.26 Å². The summed E-state index contributed by atoms with van der Waals surface area (Å²) in [4.78, 5) is 11.3. The van der Waals surface area contributed by atoms with E-state index in [0.29, 0.717) is 23.3 Å². The average molecular weight is 219 g/mol. The largest absolute Gasteiger partial charge is 0.508 e. The Labute approximate surface area is 94.1 Å². The highest BCUT2D eigenvalue weighted by Gasteiger charge is 2.11. The topological polar surface area (TPSA) is 70.3 Å². The van der Waals surface area contributed by atoms with Gasteiger partial charge in [-0.15, -0.1) is 0 Å². The van der Waals surface area contributed by atoms with Crippen LogP contribution in [0.2, 0.25) is 0 Å². The van der Waals surface area contributed by atoms with E-state index in [1.165, 1.54) is 12.1 Å². The molecule has 0 saturated heterocycles. The van der Waals surface area contributed by atoms with Gasteiger partial charge >= 0.3 is 5.97 Å². The lowest BCUT2D eigenvalue weighted by molar-refractivity contribution is -0.142. The summed E-state index contributed by atoms with van der Waals surface area (Å²) in [5.41, 5.74) is 1.70. The minimum atomic E-state index is -0.361. The Balaban J connectivity index is 3.01. The number of phenols is 1. The predicted molar refractivity (Wildman–Crippen MR) is 57.9 cm³/mol. The van der Waals surface area contributed by atoms with Gasteiger partial charge in [0.1, 0.15) is 5.75 Å². The van der Waals surface area contributed by atoms with Crippen LogP contribution in [-0.4, -0.2) is 17.7 Å². The van der Waals surface area contributed by atoms with Gasteiger partial charge in [-0.3, -0.25) is 4.79 Å². The van der Waals surface area contributed by atoms with E-state index < -0.39 is 0 Å². The van der Waals surface area contributed by atoms with Crippen LogP contribution in [0.25, 0.3) is 0 Å². The molecule has 0 radical (unpaired) electrons. The standard InChI is InChI=1S/C12H13NO3/c1-3-16-12(15)6-9-4-11(14)5-10(7-13)8(9)2/h4-5,14H,3,6H2,1-2H3. The molecule has 16 heavy (non-hydrogen) atoms. The highest BCUT2D eigenvalue weighted by Crippen LogP contribution is 2.21. The van der Waals surface area contributed by atoms with Gasteiger partial charge in [-0.25, -0.2) is 0 Å². The Morgan fingerprint density at radius 1 is 1.56 bits per heavy atom. The SMILES string of the molecule is CCOC(=O)Cc1cc(O)cc(C#N)c1C. The van der Waals surface area contributed by atoms with Crippen LogP contribution in [0.1, 0.15) is 23.6 Å². The number of esters is 1. The maximum absolute atomic E-state index is 11.3. The van der Waals surface area contributed by atoms with Crippen molar-refractivity contribution in [2.75, 3.05) is 6.61 Å². The molecule has 0 bridgehead atoms. The predicted octanol–water partition coefficient (Wildman–Crippen LogP) is 1.68. The molecule has 0 aliphatic heterocycles. The first-order chi connectivity index (χ1) is 7.58. The normalized spacial score (nSPS) is 9.56. The molecule has 0 amide bonds. The van der Waals surface area contributed by atoms with Crippen molar-refractivity contribution in [2.45, 2.75) is 20.3 Å². The number of hydrogen-bond donors (Lipinski definition) is 1. The number of ether oxygens (including phenoxy) is 1. The Hall–Kier alpha value is -2.02. The molecule has 4 heteroatoms. The molecule has 0 aliphatic carbocycles. The second-order valence-corrected chi connectivity index (χ2v) is 3.37. The molecular weight excluding hydrogens is 206 g/mol. The molecule has 1 aromatic rings. The molecule has 1 rings (SSSR count). The van der Waals surface area contributed by atoms with Crippen LogP contribution in [0.5, 0.6) is 5.75 Å². The van der Waals surface area contributed by atoms with Crippen molar-refractivity contribution >= 4 is 5.97 Å². The smallest absolute Gasteiger partial charge is 0.310 e. The number of benzene rings is 1. The van der Waals surface area contributed by atoms with Crippen molar-refractivity contribution in [2.24, 2.45) is 0 Å². The maximum Gasteiger partial charge on any atom is 0.310 e. The van der Waals surface area contributed by atoms with Crippen LogP contribution < -0.4 is 0 Å². The van der Waals surface area contributed by atoms with Gasteiger partial charge in [0.2, 0.25) is 0 Å². The number of hydrogen-bond acceptors (Lipinski definition) is 4. The third kappa shape index (κ3) is 2.74. The molecule has 0 fully saturated rings. The van der Waals surface area contributed by atoms with Crippen molar-refractivity contribution in [3.63, 3.8) is 0 Å². The van der Waals surface area contributed by atoms with E-state index in [1.807, 2.05) is 6.07 Å². The second kappa shape index (κ2) is 5.17. The Morgan fingerprint density at radius 2 is 2.25 bits per heavy atom. The van der Waals surface area contributed by atoms with Crippen molar-refractivity contribution in [1.82, 2.24) is 0 Å². The molecule has 0 heterocycles. The summed E-state index contributed by atoms with van der Waals surface area (Å²) in [7, 11) is 0. The quantitative estimate of drug-likeness (QED) is 0.785. The second-order valence-electron chi connectivity index (χ2n) is 3.37. The Bertz CT molecular complexity index is 446. The minimum absolute atomic E-state index is 0.0125. The van der Waals surface area contributed by atoms with Crippen LogP contribution in [0.15, 0.2) is 12.1 Å². The molecule has 0 spiro atoms. The van der Waals surface area contributed by atoms with E-state index in [2.05, 4.69) is 0 Å². The van der Waals surface area contributed by atoms with Crippen molar-refractivity contribution < 1.29 is 14.6 Å². The molecule has 1 aromatic carbocycles. The number of nitrogens with zero attached hydrogens (tertiary/aromatic N) is 1. The number of phenolic OH excluding ortho intramolecular Hbond substituents is 1. The first-order valence-corrected chi connectivity index (χ1v) is 4.96. The van der Waals surface area contributed by atoms with E-state index in [0.717, 1.165) is 0 Å². The Kier molecular flexibility index (Phi) is 3.90. The van der Waals surface area contributed by atoms with Gasteiger partial charge in [-0.1, -0.05) is 0 Å². The van der Waals surface area contributed by atoms with Crippen LogP contribution in [0, 0.1) is 18.3 Å². The monoisotopic (exact) mass is 219 g/mol. The summed E-state index contributed by atoms with van der Waals surface area (Å²) >= 11 is 0. The summed E-state index contributed by atoms with van der Waals surface area (Å²) in [6, 6.07) is 4.83. The van der Waals surface area contributed by atoms with Gasteiger partial charge < -0.3 is 9.84 Å². The number of rotatable bonds is 3. The van der Waals surface area contributed by atoms with Gasteiger partial charge in [0.25, 0.3) is 0 Å². The first kappa shape index (κ1) is 12.1. The zero-order valence-electron chi connectivity index (χ0n) is 9.28. The highest BCUT2D eigenvalue weighted by atomic mass is 16.5. The van der Waals surface area contributed by atoms with Crippen molar-refractivity contribution in [3.8, 4) is 11.8 Å². The molecule has 0 saturated carbocycles. The van der Waals surface area contributed by atoms with Gasteiger partial charge in [0.15, 0.2) is 0 Å². The number of carbonyl (C=O) groups excluding carboxylic acids is 1. The third-order valence-corrected chi connectivity index (χ3v) is 2.26. The summed E-state index contributed by atoms with van der Waals surface area (Å²) < 4.78 is 4.81. The molecule has 84 valence electrons. The van der Waals surface area contributed by atoms with Gasteiger partial charge in [0, 0.05) is 0 Å². The zero-order valence-corrected chi connectivity index (χ0v) is 9.28. The van der Waals surface area contributed by atoms with E-state index in [-0.39, 0.29) is 18.1 Å². The van der Waals surface area contributed by atoms with Gasteiger partial charge in [-0.05, 0) is 37.1 Å². The maximum atomic E-state index is 11.3. The van der Waals surface area contributed by atoms with E-state index >= 15 is 0 Å². The van der Waals surface area contributed by atoms with Crippen molar-refractivity contribution in [1.29, 1.82) is 5.26 Å². The average Bonchev–Trinajstić information content (AvgIpc) is 2.23. The molecule has 0 aromatic heterocycles. The fourth-order valence-electron chi connectivity index (χ4n) is 1.42. The summed E-state index contributed by atoms with van der Waals surface area (Å²) in [5.74, 6) is -0.374. The fourth-order valence-corrected chi connectivity index (χ4v) is 1.42. The van der Waals surface area contributed by atoms with Crippen molar-refractivity contribution in [3.05, 3.63) is 28.8 Å². The molecule has 0 unspecified atom stereocenters. The first-order valence-electron chi connectivity index (χ1n) is 4.96. The van der Waals surface area contributed by atoms with Crippen LogP contribution in [0.3, 0.4) is 0 Å². The number of aromatic hydroxyl groups is 1. The summed E-state index contributed by atoms with van der Waals surface area (Å²) in [5, 5.41) is 18.2. The van der Waals surface area contributed by atoms with E-state index in [1.54, 1.807) is 13.8 Å². The van der Waals surface area contributed by atoms with Crippen LogP contribution in [0.4, 0.5) is 0 Å². The number of nitriles is 1. The summed E-state index contributed by atoms with van der Waals surface area (Å²) in [6.07, 6.45) is 0.0722. The molecule has 0 aliphatic rings. The Morgan fingerprint density at radius 3 is 2.81 bits per heavy atom. The molecule has 4 nitrogen and oxygen atoms in total. The minimum Gasteiger partial charge on any atom is -0.508 e. The lowest BCUT2D eigenvalue weighted by Crippen LogP contribution is -2.09. The highest BCUT2D eigenvalue weighted by molar-refractivity contribution is 5.73.